The fourth-order valence-electron chi connectivity index (χ4n) is 6.08. The van der Waals surface area contributed by atoms with Crippen LogP contribution >= 0.6 is 34.8 Å². The van der Waals surface area contributed by atoms with Gasteiger partial charge in [-0.15, -0.1) is 0 Å². The number of para-hydroxylation sites is 1. The van der Waals surface area contributed by atoms with Crippen LogP contribution in [0.5, 0.6) is 17.2 Å². The van der Waals surface area contributed by atoms with Gasteiger partial charge in [0.25, 0.3) is 28.6 Å². The first-order chi connectivity index (χ1) is 28.3. The van der Waals surface area contributed by atoms with Gasteiger partial charge < -0.3 is 49.6 Å². The number of rotatable bonds is 4. The average Bonchev–Trinajstić information content (AvgIpc) is 3.19. The molecule has 0 atom stereocenters. The zero-order chi connectivity index (χ0) is 44.7. The summed E-state index contributed by atoms with van der Waals surface area (Å²) in [5, 5.41) is 48.2. The molecule has 16 nitrogen and oxygen atoms in total. The highest BCUT2D eigenvalue weighted by Crippen LogP contribution is 2.34. The molecular formula is C43H44Cl3FN4O12. The lowest BCUT2D eigenvalue weighted by Crippen LogP contribution is -2.36. The van der Waals surface area contributed by atoms with E-state index >= 15 is 0 Å². The van der Waals surface area contributed by atoms with Crippen LogP contribution in [0.1, 0.15) is 42.0 Å². The van der Waals surface area contributed by atoms with Gasteiger partial charge in [-0.05, 0) is 55.5 Å². The molecule has 7 rings (SSSR count). The van der Waals surface area contributed by atoms with Gasteiger partial charge in [0.15, 0.2) is 5.56 Å². The highest BCUT2D eigenvalue weighted by Gasteiger charge is 2.27. The summed E-state index contributed by atoms with van der Waals surface area (Å²) in [7, 11) is 4.61. The minimum atomic E-state index is -1.48. The van der Waals surface area contributed by atoms with Crippen LogP contribution in [0.4, 0.5) is 10.4 Å². The summed E-state index contributed by atoms with van der Waals surface area (Å²) in [4.78, 5) is 70.2. The van der Waals surface area contributed by atoms with Gasteiger partial charge >= 0.3 is 5.97 Å². The SMILES string of the molecule is C.CC(=O)O.CCN(C(=O)c1c(O)c2c(Cl)cccc2n(C)c1=O)c1ccccc1.Cn1c(=O)c(C(=O)O)c(O)c2c(Cl)cccc21.Cn1c(=O)cc(O)c2c(Cl)cccc21.F.O. The Bertz CT molecular complexity index is 2990. The maximum atomic E-state index is 13.0. The lowest BCUT2D eigenvalue weighted by molar-refractivity contribution is -0.134. The highest BCUT2D eigenvalue weighted by atomic mass is 35.5. The van der Waals surface area contributed by atoms with Crippen molar-refractivity contribution in [2.45, 2.75) is 21.3 Å². The van der Waals surface area contributed by atoms with E-state index in [4.69, 9.17) is 49.8 Å². The van der Waals surface area contributed by atoms with E-state index in [1.165, 1.54) is 27.1 Å². The van der Waals surface area contributed by atoms with Crippen LogP contribution in [-0.4, -0.2) is 69.1 Å². The number of pyridine rings is 3. The van der Waals surface area contributed by atoms with E-state index in [1.807, 2.05) is 6.07 Å². The number of aryl methyl sites for hydroxylation is 3. The van der Waals surface area contributed by atoms with Crippen molar-refractivity contribution in [1.29, 1.82) is 0 Å². The van der Waals surface area contributed by atoms with Crippen molar-refractivity contribution < 1.29 is 50.1 Å². The van der Waals surface area contributed by atoms with Crippen LogP contribution in [0.3, 0.4) is 0 Å². The minimum Gasteiger partial charge on any atom is -0.507 e. The first-order valence-electron chi connectivity index (χ1n) is 17.5. The Morgan fingerprint density at radius 2 is 1.00 bits per heavy atom. The number of aliphatic carboxylic acids is 1. The minimum absolute atomic E-state index is 0. The summed E-state index contributed by atoms with van der Waals surface area (Å²) in [5.74, 6) is -3.93. The van der Waals surface area contributed by atoms with E-state index in [0.29, 0.717) is 44.6 Å². The van der Waals surface area contributed by atoms with E-state index in [1.54, 1.807) is 93.8 Å². The lowest BCUT2D eigenvalue weighted by atomic mass is 10.1. The molecule has 1 amide bonds. The molecule has 0 radical (unpaired) electrons. The zero-order valence-corrected chi connectivity index (χ0v) is 35.7. The normalized spacial score (nSPS) is 9.97. The van der Waals surface area contributed by atoms with E-state index in [9.17, 15) is 39.3 Å². The number of hydrogen-bond donors (Lipinski definition) is 5. The molecule has 63 heavy (non-hydrogen) atoms. The molecule has 0 saturated carbocycles. The summed E-state index contributed by atoms with van der Waals surface area (Å²) in [6, 6.07) is 25.0. The van der Waals surface area contributed by atoms with Gasteiger partial charge in [-0.2, -0.15) is 0 Å². The number of carbonyl (C=O) groups excluding carboxylic acids is 1. The summed E-state index contributed by atoms with van der Waals surface area (Å²) in [6.07, 6.45) is 0. The lowest BCUT2D eigenvalue weighted by Gasteiger charge is -2.22. The van der Waals surface area contributed by atoms with Gasteiger partial charge in [0.05, 0.1) is 47.8 Å². The number of carbonyl (C=O) groups is 3. The molecule has 7 N–H and O–H groups in total. The monoisotopic (exact) mass is 932 g/mol. The van der Waals surface area contributed by atoms with Crippen LogP contribution in [0.15, 0.2) is 105 Å². The number of hydrogen-bond acceptors (Lipinski definition) is 9. The molecule has 0 unspecified atom stereocenters. The number of carboxylic acid groups (broad SMARTS) is 2. The largest absolute Gasteiger partial charge is 0.507 e. The molecule has 0 fully saturated rings. The average molecular weight is 934 g/mol. The predicted molar refractivity (Wildman–Crippen MR) is 245 cm³/mol. The maximum absolute atomic E-state index is 13.0. The summed E-state index contributed by atoms with van der Waals surface area (Å²) >= 11 is 18.0. The molecule has 0 spiro atoms. The Morgan fingerprint density at radius 1 is 0.619 bits per heavy atom. The van der Waals surface area contributed by atoms with Crippen LogP contribution < -0.4 is 21.6 Å². The number of fused-ring (bicyclic) bond motifs is 3. The summed E-state index contributed by atoms with van der Waals surface area (Å²) in [6.45, 7) is 3.24. The molecular weight excluding hydrogens is 890 g/mol. The molecule has 336 valence electrons. The molecule has 3 aromatic heterocycles. The van der Waals surface area contributed by atoms with Gasteiger partial charge in [-0.25, -0.2) is 4.79 Å². The number of halogens is 4. The van der Waals surface area contributed by atoms with Crippen LogP contribution in [0.2, 0.25) is 15.1 Å². The molecule has 7 aromatic rings. The smallest absolute Gasteiger partial charge is 0.345 e. The Hall–Kier alpha value is -6.92. The quantitative estimate of drug-likeness (QED) is 0.119. The van der Waals surface area contributed by atoms with E-state index < -0.39 is 40.3 Å². The Balaban J connectivity index is 0.000000460. The van der Waals surface area contributed by atoms with Crippen molar-refractivity contribution in [2.75, 3.05) is 11.4 Å². The summed E-state index contributed by atoms with van der Waals surface area (Å²) < 4.78 is 3.92. The number of benzene rings is 4. The molecule has 0 aliphatic heterocycles. The van der Waals surface area contributed by atoms with Gasteiger partial charge in [0, 0.05) is 46.4 Å². The van der Waals surface area contributed by atoms with Crippen molar-refractivity contribution in [1.82, 2.24) is 13.7 Å². The second-order valence-electron chi connectivity index (χ2n) is 12.7. The topological polar surface area (TPSA) is 253 Å². The molecule has 0 aliphatic rings. The van der Waals surface area contributed by atoms with Crippen molar-refractivity contribution in [3.63, 3.8) is 0 Å². The molecule has 0 bridgehead atoms. The Kier molecular flexibility index (Phi) is 19.6. The number of amides is 1. The van der Waals surface area contributed by atoms with Gasteiger partial charge in [-0.3, -0.25) is 28.7 Å². The Morgan fingerprint density at radius 3 is 1.41 bits per heavy atom. The molecule has 20 heteroatoms. The third kappa shape index (κ3) is 11.3. The van der Waals surface area contributed by atoms with Crippen LogP contribution in [0, 0.1) is 0 Å². The van der Waals surface area contributed by atoms with Crippen molar-refractivity contribution in [2.24, 2.45) is 21.1 Å². The molecule has 3 heterocycles. The maximum Gasteiger partial charge on any atom is 0.345 e. The van der Waals surface area contributed by atoms with Gasteiger partial charge in [0.2, 0.25) is 0 Å². The number of anilines is 1. The van der Waals surface area contributed by atoms with Crippen LogP contribution in [0.25, 0.3) is 32.7 Å². The number of aromatic hydroxyl groups is 3. The van der Waals surface area contributed by atoms with E-state index in [-0.39, 0.29) is 55.7 Å². The van der Waals surface area contributed by atoms with Gasteiger partial charge in [0.1, 0.15) is 22.8 Å². The number of aromatic nitrogens is 3. The molecule has 0 aliphatic carbocycles. The first kappa shape index (κ1) is 54.1. The Labute approximate surface area is 372 Å². The van der Waals surface area contributed by atoms with Crippen LogP contribution in [-0.2, 0) is 25.9 Å². The highest BCUT2D eigenvalue weighted by molar-refractivity contribution is 6.37. The second-order valence-corrected chi connectivity index (χ2v) is 13.9. The number of carboxylic acids is 2. The van der Waals surface area contributed by atoms with E-state index in [0.717, 1.165) is 17.6 Å². The van der Waals surface area contributed by atoms with Gasteiger partial charge in [-0.1, -0.05) is 78.6 Å². The third-order valence-corrected chi connectivity index (χ3v) is 9.89. The fourth-order valence-corrected chi connectivity index (χ4v) is 6.87. The number of aromatic carboxylic acids is 1. The number of nitrogens with zero attached hydrogens (tertiary/aromatic N) is 4. The fraction of sp³-hybridized carbons (Fsp3) is 0.163. The molecule has 4 aromatic carbocycles. The van der Waals surface area contributed by atoms with Crippen molar-refractivity contribution in [3.8, 4) is 17.2 Å². The first-order valence-corrected chi connectivity index (χ1v) is 18.7. The van der Waals surface area contributed by atoms with Crippen molar-refractivity contribution >= 4 is 91.0 Å². The molecule has 0 saturated heterocycles. The third-order valence-electron chi connectivity index (χ3n) is 8.95. The summed E-state index contributed by atoms with van der Waals surface area (Å²) in [5.41, 5.74) is -0.423. The standard InChI is InChI=1S/C19H17ClN2O3.C11H8ClNO4.C10H8ClNO2.C2H4O2.CH4.FH.H2O/c1-3-22(12-8-5-4-6-9-12)19(25)16-17(23)15-13(20)10-7-11-14(15)21(2)18(16)24;1-13-6-4-2-3-5(12)7(6)9(14)8(10(13)15)11(16)17;1-12-7-4-2-3-6(11)10(7)8(13)5-9(12)14;1-2(3)4;;;/h4-11,23H,3H2,1-2H3;2-4,14H,1H3,(H,16,17);2-5,13H,1H3;1H3,(H,3,4);1H4;1H;1H2. The predicted octanol–water partition coefficient (Wildman–Crippen LogP) is 7.11. The van der Waals surface area contributed by atoms with E-state index in [2.05, 4.69) is 0 Å². The second kappa shape index (κ2) is 22.8. The zero-order valence-electron chi connectivity index (χ0n) is 33.4. The van der Waals surface area contributed by atoms with Crippen molar-refractivity contribution in [3.05, 3.63) is 148 Å².